The van der Waals surface area contributed by atoms with Gasteiger partial charge in [-0.1, -0.05) is 11.6 Å². The summed E-state index contributed by atoms with van der Waals surface area (Å²) in [6.45, 7) is 6.71. The van der Waals surface area contributed by atoms with Gasteiger partial charge < -0.3 is 9.80 Å². The molecule has 1 unspecified atom stereocenters. The van der Waals surface area contributed by atoms with Crippen LogP contribution in [0.3, 0.4) is 0 Å². The molecule has 1 amide bonds. The summed E-state index contributed by atoms with van der Waals surface area (Å²) >= 11 is 6.32. The third-order valence-corrected chi connectivity index (χ3v) is 5.78. The molecule has 25 heavy (non-hydrogen) atoms. The van der Waals surface area contributed by atoms with Crippen molar-refractivity contribution in [3.05, 3.63) is 46.0 Å². The fraction of sp³-hybridized carbons (Fsp3) is 0.444. The van der Waals surface area contributed by atoms with Crippen LogP contribution in [-0.4, -0.2) is 39.1 Å². The molecule has 2 aliphatic rings. The minimum absolute atomic E-state index is 0.0133. The summed E-state index contributed by atoms with van der Waals surface area (Å²) in [6.07, 6.45) is 4.29. The lowest BCUT2D eigenvalue weighted by atomic mass is 10.1. The summed E-state index contributed by atoms with van der Waals surface area (Å²) < 4.78 is 0. The Labute approximate surface area is 151 Å². The van der Waals surface area contributed by atoms with E-state index in [1.807, 2.05) is 24.8 Å². The van der Waals surface area contributed by atoms with Crippen molar-refractivity contribution in [2.24, 2.45) is 5.92 Å². The molecule has 4 rings (SSSR count). The number of aromatic nitrogens is 3. The van der Waals surface area contributed by atoms with Crippen LogP contribution in [0.15, 0.2) is 18.5 Å². The lowest BCUT2D eigenvalue weighted by molar-refractivity contribution is -0.135. The van der Waals surface area contributed by atoms with Gasteiger partial charge in [0.05, 0.1) is 47.0 Å². The SMILES string of the molecule is Cc1nc2c(c(C)c1Cl)CN(C(=O)C1CCN(c3ccnnc3)C1)C2. The van der Waals surface area contributed by atoms with Crippen LogP contribution in [0.1, 0.15) is 28.9 Å². The first kappa shape index (κ1) is 16.3. The molecule has 0 aromatic carbocycles. The van der Waals surface area contributed by atoms with Crippen molar-refractivity contribution in [3.8, 4) is 0 Å². The van der Waals surface area contributed by atoms with Crippen molar-refractivity contribution >= 4 is 23.2 Å². The molecule has 0 radical (unpaired) electrons. The molecule has 4 heterocycles. The second-order valence-corrected chi connectivity index (χ2v) is 7.17. The molecular weight excluding hydrogens is 338 g/mol. The normalized spacial score (nSPS) is 19.4. The zero-order valence-electron chi connectivity index (χ0n) is 14.4. The smallest absolute Gasteiger partial charge is 0.228 e. The van der Waals surface area contributed by atoms with Crippen LogP contribution >= 0.6 is 11.6 Å². The minimum Gasteiger partial charge on any atom is -0.369 e. The van der Waals surface area contributed by atoms with E-state index < -0.39 is 0 Å². The average Bonchev–Trinajstić information content (AvgIpc) is 3.27. The molecule has 2 aliphatic heterocycles. The number of pyridine rings is 1. The number of halogens is 1. The first-order valence-electron chi connectivity index (χ1n) is 8.49. The molecule has 1 fully saturated rings. The summed E-state index contributed by atoms with van der Waals surface area (Å²) in [4.78, 5) is 21.7. The summed E-state index contributed by atoms with van der Waals surface area (Å²) in [7, 11) is 0. The maximum absolute atomic E-state index is 13.0. The average molecular weight is 358 g/mol. The molecule has 6 nitrogen and oxygen atoms in total. The van der Waals surface area contributed by atoms with E-state index in [1.165, 1.54) is 0 Å². The maximum Gasteiger partial charge on any atom is 0.228 e. The van der Waals surface area contributed by atoms with E-state index in [-0.39, 0.29) is 11.8 Å². The van der Waals surface area contributed by atoms with Gasteiger partial charge in [-0.05, 0) is 37.5 Å². The number of rotatable bonds is 2. The van der Waals surface area contributed by atoms with Crippen LogP contribution < -0.4 is 4.90 Å². The van der Waals surface area contributed by atoms with E-state index >= 15 is 0 Å². The van der Waals surface area contributed by atoms with Gasteiger partial charge in [0.2, 0.25) is 5.91 Å². The monoisotopic (exact) mass is 357 g/mol. The molecule has 2 aromatic heterocycles. The first-order valence-corrected chi connectivity index (χ1v) is 8.87. The Kier molecular flexibility index (Phi) is 4.07. The predicted octanol–water partition coefficient (Wildman–Crippen LogP) is 2.51. The Morgan fingerprint density at radius 1 is 1.28 bits per heavy atom. The summed E-state index contributed by atoms with van der Waals surface area (Å²) in [5, 5.41) is 8.45. The predicted molar refractivity (Wildman–Crippen MR) is 95.3 cm³/mol. The first-order chi connectivity index (χ1) is 12.0. The van der Waals surface area contributed by atoms with Crippen LogP contribution in [0.2, 0.25) is 5.02 Å². The van der Waals surface area contributed by atoms with E-state index in [1.54, 1.807) is 12.4 Å². The summed E-state index contributed by atoms with van der Waals surface area (Å²) in [5.74, 6) is 0.218. The van der Waals surface area contributed by atoms with Crippen molar-refractivity contribution < 1.29 is 4.79 Å². The highest BCUT2D eigenvalue weighted by Crippen LogP contribution is 2.32. The number of anilines is 1. The van der Waals surface area contributed by atoms with Crippen LogP contribution in [0, 0.1) is 19.8 Å². The van der Waals surface area contributed by atoms with Crippen molar-refractivity contribution in [1.82, 2.24) is 20.1 Å². The van der Waals surface area contributed by atoms with E-state index in [2.05, 4.69) is 20.1 Å². The molecule has 130 valence electrons. The zero-order chi connectivity index (χ0) is 17.6. The number of carbonyl (C=O) groups is 1. The number of carbonyl (C=O) groups excluding carboxylic acids is 1. The maximum atomic E-state index is 13.0. The molecule has 0 N–H and O–H groups in total. The third kappa shape index (κ3) is 2.84. The van der Waals surface area contributed by atoms with Crippen molar-refractivity contribution in [1.29, 1.82) is 0 Å². The lowest BCUT2D eigenvalue weighted by Gasteiger charge is -2.21. The van der Waals surface area contributed by atoms with E-state index in [0.717, 1.165) is 47.7 Å². The number of amides is 1. The second-order valence-electron chi connectivity index (χ2n) is 6.79. The summed E-state index contributed by atoms with van der Waals surface area (Å²) in [6, 6.07) is 1.93. The van der Waals surface area contributed by atoms with Crippen LogP contribution in [0.4, 0.5) is 5.69 Å². The lowest BCUT2D eigenvalue weighted by Crippen LogP contribution is -2.34. The Morgan fingerprint density at radius 3 is 2.88 bits per heavy atom. The Balaban J connectivity index is 1.47. The summed E-state index contributed by atoms with van der Waals surface area (Å²) in [5.41, 5.74) is 5.01. The number of hydrogen-bond acceptors (Lipinski definition) is 5. The molecule has 2 aromatic rings. The fourth-order valence-electron chi connectivity index (χ4n) is 3.79. The van der Waals surface area contributed by atoms with Gasteiger partial charge in [0.1, 0.15) is 0 Å². The topological polar surface area (TPSA) is 62.2 Å². The van der Waals surface area contributed by atoms with Crippen molar-refractivity contribution in [2.45, 2.75) is 33.4 Å². The van der Waals surface area contributed by atoms with E-state index in [4.69, 9.17) is 11.6 Å². The molecule has 1 saturated heterocycles. The Hall–Kier alpha value is -2.21. The Bertz CT molecular complexity index is 826. The van der Waals surface area contributed by atoms with Gasteiger partial charge in [-0.25, -0.2) is 0 Å². The standard InChI is InChI=1S/C18H20ClN5O/c1-11-15-9-24(10-16(15)22-12(2)17(11)19)18(25)13-4-6-23(8-13)14-3-5-20-21-7-14/h3,5,7,13H,4,6,8-10H2,1-2H3. The highest BCUT2D eigenvalue weighted by Gasteiger charge is 2.35. The second kappa shape index (κ2) is 6.26. The van der Waals surface area contributed by atoms with Gasteiger partial charge in [-0.3, -0.25) is 9.78 Å². The van der Waals surface area contributed by atoms with E-state index in [0.29, 0.717) is 18.1 Å². The highest BCUT2D eigenvalue weighted by atomic mass is 35.5. The zero-order valence-corrected chi connectivity index (χ0v) is 15.1. The Morgan fingerprint density at radius 2 is 2.12 bits per heavy atom. The van der Waals surface area contributed by atoms with Crippen molar-refractivity contribution in [2.75, 3.05) is 18.0 Å². The van der Waals surface area contributed by atoms with Crippen LogP contribution in [0.25, 0.3) is 0 Å². The largest absolute Gasteiger partial charge is 0.369 e. The quantitative estimate of drug-likeness (QED) is 0.826. The van der Waals surface area contributed by atoms with Crippen LogP contribution in [0.5, 0.6) is 0 Å². The number of hydrogen-bond donors (Lipinski definition) is 0. The van der Waals surface area contributed by atoms with E-state index in [9.17, 15) is 4.79 Å². The minimum atomic E-state index is 0.0133. The van der Waals surface area contributed by atoms with Crippen LogP contribution in [-0.2, 0) is 17.9 Å². The van der Waals surface area contributed by atoms with Gasteiger partial charge in [0.25, 0.3) is 0 Å². The molecule has 0 saturated carbocycles. The van der Waals surface area contributed by atoms with Gasteiger partial charge in [-0.2, -0.15) is 10.2 Å². The van der Waals surface area contributed by atoms with Gasteiger partial charge in [0, 0.05) is 19.6 Å². The third-order valence-electron chi connectivity index (χ3n) is 5.22. The number of fused-ring (bicyclic) bond motifs is 1. The molecule has 0 bridgehead atoms. The molecule has 0 aliphatic carbocycles. The molecule has 0 spiro atoms. The highest BCUT2D eigenvalue weighted by molar-refractivity contribution is 6.32. The van der Waals surface area contributed by atoms with Gasteiger partial charge in [-0.15, -0.1) is 0 Å². The van der Waals surface area contributed by atoms with Gasteiger partial charge in [0.15, 0.2) is 0 Å². The van der Waals surface area contributed by atoms with Gasteiger partial charge >= 0.3 is 0 Å². The molecule has 7 heteroatoms. The number of nitrogens with zero attached hydrogens (tertiary/aromatic N) is 5. The van der Waals surface area contributed by atoms with Crippen molar-refractivity contribution in [3.63, 3.8) is 0 Å². The molecule has 1 atom stereocenters. The number of aryl methyl sites for hydroxylation is 1. The molecular formula is C18H20ClN5O. The fourth-order valence-corrected chi connectivity index (χ4v) is 3.94.